The third-order valence-corrected chi connectivity index (χ3v) is 3.32. The first-order valence-corrected chi connectivity index (χ1v) is 7.23. The van der Waals surface area contributed by atoms with E-state index >= 15 is 0 Å². The summed E-state index contributed by atoms with van der Waals surface area (Å²) in [6.45, 7) is 2.08. The molecule has 7 nitrogen and oxygen atoms in total. The molecule has 0 spiro atoms. The van der Waals surface area contributed by atoms with Crippen molar-refractivity contribution in [2.45, 2.75) is 11.9 Å². The molecule has 0 saturated carbocycles. The molecule has 2 N–H and O–H groups in total. The van der Waals surface area contributed by atoms with Crippen molar-refractivity contribution >= 4 is 29.3 Å². The van der Waals surface area contributed by atoms with Gasteiger partial charge in [-0.05, 0) is 31.2 Å². The van der Waals surface area contributed by atoms with E-state index in [1.54, 1.807) is 37.4 Å². The summed E-state index contributed by atoms with van der Waals surface area (Å²) in [6, 6.07) is 6.53. The topological polar surface area (TPSA) is 97.0 Å². The highest BCUT2D eigenvalue weighted by molar-refractivity contribution is 7.99. The number of amides is 1. The number of benzene rings is 1. The van der Waals surface area contributed by atoms with Gasteiger partial charge in [-0.2, -0.15) is 10.3 Å². The molecule has 2 rings (SSSR count). The summed E-state index contributed by atoms with van der Waals surface area (Å²) in [6.07, 6.45) is 1.55. The minimum Gasteiger partial charge on any atom is -0.462 e. The maximum absolute atomic E-state index is 11.7. The molecule has 0 aliphatic heterocycles. The smallest absolute Gasteiger partial charge is 0.338 e. The molecule has 0 atom stereocenters. The molecule has 0 saturated heterocycles. The molecule has 0 fully saturated rings. The van der Waals surface area contributed by atoms with Crippen molar-refractivity contribution in [1.29, 1.82) is 0 Å². The average molecular weight is 306 g/mol. The van der Waals surface area contributed by atoms with Gasteiger partial charge in [0, 0.05) is 5.69 Å². The Bertz CT molecular complexity index is 598. The van der Waals surface area contributed by atoms with Crippen molar-refractivity contribution < 1.29 is 14.3 Å². The first-order valence-electron chi connectivity index (χ1n) is 6.24. The lowest BCUT2D eigenvalue weighted by molar-refractivity contribution is -0.113. The van der Waals surface area contributed by atoms with Crippen molar-refractivity contribution in [2.75, 3.05) is 17.7 Å². The summed E-state index contributed by atoms with van der Waals surface area (Å²) in [5, 5.41) is 13.4. The number of thioether (sulfide) groups is 1. The summed E-state index contributed by atoms with van der Waals surface area (Å²) in [5.41, 5.74) is 1.07. The van der Waals surface area contributed by atoms with Crippen LogP contribution in [0.3, 0.4) is 0 Å². The lowest BCUT2D eigenvalue weighted by Crippen LogP contribution is -2.14. The van der Waals surface area contributed by atoms with E-state index in [1.165, 1.54) is 11.8 Å². The fourth-order valence-corrected chi connectivity index (χ4v) is 2.09. The Morgan fingerprint density at radius 1 is 1.33 bits per heavy atom. The van der Waals surface area contributed by atoms with Crippen LogP contribution in [0.15, 0.2) is 35.5 Å². The van der Waals surface area contributed by atoms with Crippen LogP contribution in [0.1, 0.15) is 17.3 Å². The predicted molar refractivity (Wildman–Crippen MR) is 78.1 cm³/mol. The molecule has 8 heteroatoms. The van der Waals surface area contributed by atoms with E-state index in [9.17, 15) is 9.59 Å². The molecule has 21 heavy (non-hydrogen) atoms. The minimum absolute atomic E-state index is 0.160. The number of hydrogen-bond acceptors (Lipinski definition) is 6. The van der Waals surface area contributed by atoms with Crippen LogP contribution in [-0.2, 0) is 9.53 Å². The fourth-order valence-electron chi connectivity index (χ4n) is 1.50. The molecule has 1 heterocycles. The van der Waals surface area contributed by atoms with Crippen LogP contribution in [0, 0.1) is 0 Å². The molecule has 0 aliphatic carbocycles. The highest BCUT2D eigenvalue weighted by Crippen LogP contribution is 2.14. The molecule has 110 valence electrons. The molecule has 1 amide bonds. The van der Waals surface area contributed by atoms with Crippen molar-refractivity contribution in [2.24, 2.45) is 0 Å². The first-order chi connectivity index (χ1) is 10.2. The number of rotatable bonds is 6. The van der Waals surface area contributed by atoms with Gasteiger partial charge in [-0.1, -0.05) is 11.8 Å². The van der Waals surface area contributed by atoms with Crippen LogP contribution in [0.25, 0.3) is 0 Å². The van der Waals surface area contributed by atoms with Gasteiger partial charge < -0.3 is 10.1 Å². The largest absolute Gasteiger partial charge is 0.462 e. The summed E-state index contributed by atoms with van der Waals surface area (Å²) in [5.74, 6) is -0.310. The minimum atomic E-state index is -0.378. The van der Waals surface area contributed by atoms with Crippen molar-refractivity contribution in [3.05, 3.63) is 36.0 Å². The van der Waals surface area contributed by atoms with Gasteiger partial charge in [-0.3, -0.25) is 4.79 Å². The zero-order valence-electron chi connectivity index (χ0n) is 11.3. The number of nitrogens with one attached hydrogen (secondary N) is 2. The van der Waals surface area contributed by atoms with E-state index in [4.69, 9.17) is 4.74 Å². The monoisotopic (exact) mass is 306 g/mol. The first kappa shape index (κ1) is 15.0. The average Bonchev–Trinajstić information content (AvgIpc) is 2.99. The van der Waals surface area contributed by atoms with Gasteiger partial charge in [0.2, 0.25) is 5.91 Å². The van der Waals surface area contributed by atoms with Crippen LogP contribution < -0.4 is 5.32 Å². The lowest BCUT2D eigenvalue weighted by atomic mass is 10.2. The Balaban J connectivity index is 1.85. The van der Waals surface area contributed by atoms with Crippen LogP contribution >= 0.6 is 11.8 Å². The summed E-state index contributed by atoms with van der Waals surface area (Å²) in [4.78, 5) is 23.2. The van der Waals surface area contributed by atoms with Crippen molar-refractivity contribution in [3.63, 3.8) is 0 Å². The molecular formula is C13H14N4O3S. The van der Waals surface area contributed by atoms with Gasteiger partial charge in [0.15, 0.2) is 0 Å². The number of aromatic nitrogens is 3. The number of anilines is 1. The number of carbonyl (C=O) groups excluding carboxylic acids is 2. The Morgan fingerprint density at radius 3 is 2.71 bits per heavy atom. The number of esters is 1. The predicted octanol–water partition coefficient (Wildman–Crippen LogP) is 1.71. The molecule has 1 aromatic heterocycles. The van der Waals surface area contributed by atoms with Crippen LogP contribution in [0.4, 0.5) is 5.69 Å². The molecule has 0 bridgehead atoms. The molecule has 0 aliphatic rings. The quantitative estimate of drug-likeness (QED) is 0.623. The molecule has 0 unspecified atom stereocenters. The van der Waals surface area contributed by atoms with E-state index in [1.807, 2.05) is 0 Å². The number of carbonyl (C=O) groups is 2. The molecule has 1 aromatic carbocycles. The molecule has 0 radical (unpaired) electrons. The van der Waals surface area contributed by atoms with Crippen molar-refractivity contribution in [3.8, 4) is 0 Å². The Morgan fingerprint density at radius 2 is 2.10 bits per heavy atom. The van der Waals surface area contributed by atoms with E-state index < -0.39 is 0 Å². The Kier molecular flexibility index (Phi) is 5.33. The normalized spacial score (nSPS) is 10.1. The maximum atomic E-state index is 11.7. The Labute approximate surface area is 125 Å². The van der Waals surface area contributed by atoms with Crippen LogP contribution in [0.5, 0.6) is 0 Å². The third kappa shape index (κ3) is 4.60. The number of nitrogens with zero attached hydrogens (tertiary/aromatic N) is 2. The molecular weight excluding hydrogens is 292 g/mol. The zero-order valence-corrected chi connectivity index (χ0v) is 12.1. The Hall–Kier alpha value is -2.35. The maximum Gasteiger partial charge on any atom is 0.338 e. The van der Waals surface area contributed by atoms with E-state index in [2.05, 4.69) is 20.7 Å². The van der Waals surface area contributed by atoms with Gasteiger partial charge >= 0.3 is 5.97 Å². The number of H-pyrrole nitrogens is 1. The second-order valence-corrected chi connectivity index (χ2v) is 4.94. The second-order valence-electron chi connectivity index (χ2n) is 3.94. The fraction of sp³-hybridized carbons (Fsp3) is 0.231. The summed E-state index contributed by atoms with van der Waals surface area (Å²) in [7, 11) is 0. The SMILES string of the molecule is CCOC(=O)c1ccc(NC(=O)CSc2cn[nH]n2)cc1. The second kappa shape index (κ2) is 7.44. The van der Waals surface area contributed by atoms with E-state index in [0.717, 1.165) is 0 Å². The van der Waals surface area contributed by atoms with Crippen molar-refractivity contribution in [1.82, 2.24) is 15.4 Å². The van der Waals surface area contributed by atoms with E-state index in [0.29, 0.717) is 22.9 Å². The van der Waals surface area contributed by atoms with Gasteiger partial charge in [-0.15, -0.1) is 5.10 Å². The number of aromatic amines is 1. The van der Waals surface area contributed by atoms with Crippen LogP contribution in [-0.4, -0.2) is 39.6 Å². The van der Waals surface area contributed by atoms with Gasteiger partial charge in [0.05, 0.1) is 24.1 Å². The molecule has 2 aromatic rings. The highest BCUT2D eigenvalue weighted by Gasteiger charge is 2.08. The lowest BCUT2D eigenvalue weighted by Gasteiger charge is -2.06. The number of ether oxygens (including phenoxy) is 1. The van der Waals surface area contributed by atoms with Gasteiger partial charge in [0.25, 0.3) is 0 Å². The van der Waals surface area contributed by atoms with Gasteiger partial charge in [-0.25, -0.2) is 4.79 Å². The summed E-state index contributed by atoms with van der Waals surface area (Å²) < 4.78 is 4.88. The highest BCUT2D eigenvalue weighted by atomic mass is 32.2. The third-order valence-electron chi connectivity index (χ3n) is 2.42. The van der Waals surface area contributed by atoms with Gasteiger partial charge in [0.1, 0.15) is 5.03 Å². The van der Waals surface area contributed by atoms with Crippen LogP contribution in [0.2, 0.25) is 0 Å². The number of hydrogen-bond donors (Lipinski definition) is 2. The summed E-state index contributed by atoms with van der Waals surface area (Å²) >= 11 is 1.28. The van der Waals surface area contributed by atoms with E-state index in [-0.39, 0.29) is 17.6 Å². The standard InChI is InChI=1S/C13H14N4O3S/c1-2-20-13(19)9-3-5-10(6-4-9)15-11(18)8-21-12-7-14-17-16-12/h3-7H,2,8H2,1H3,(H,15,18)(H,14,16,17). The zero-order chi connectivity index (χ0) is 15.1.